The maximum Gasteiger partial charge on any atom is 0.0106 e. The third kappa shape index (κ3) is 5.50. The number of likely N-dealkylation sites (N-methyl/N-ethyl adjacent to an activating group) is 2. The molecule has 0 radical (unpaired) electrons. The van der Waals surface area contributed by atoms with Crippen LogP contribution in [0.2, 0.25) is 0 Å². The molecule has 1 saturated heterocycles. The van der Waals surface area contributed by atoms with Gasteiger partial charge in [-0.25, -0.2) is 0 Å². The molecule has 3 nitrogen and oxygen atoms in total. The molecule has 1 aliphatic rings. The minimum atomic E-state index is 0.920. The molecule has 0 bridgehead atoms. The van der Waals surface area contributed by atoms with Crippen LogP contribution in [0.15, 0.2) is 0 Å². The van der Waals surface area contributed by atoms with E-state index < -0.39 is 0 Å². The summed E-state index contributed by atoms with van der Waals surface area (Å²) in [4.78, 5) is 4.86. The summed E-state index contributed by atoms with van der Waals surface area (Å²) >= 11 is 0. The van der Waals surface area contributed by atoms with E-state index in [1.807, 2.05) is 0 Å². The van der Waals surface area contributed by atoms with Gasteiger partial charge in [0.05, 0.1) is 0 Å². The van der Waals surface area contributed by atoms with Crippen molar-refractivity contribution in [3.05, 3.63) is 0 Å². The summed E-state index contributed by atoms with van der Waals surface area (Å²) in [5.74, 6) is 0.920. The first-order chi connectivity index (χ1) is 7.22. The van der Waals surface area contributed by atoms with Gasteiger partial charge in [0.2, 0.25) is 0 Å². The molecular weight excluding hydrogens is 186 g/mol. The minimum Gasteiger partial charge on any atom is -0.317 e. The Morgan fingerprint density at radius 3 is 2.27 bits per heavy atom. The van der Waals surface area contributed by atoms with Crippen molar-refractivity contribution in [3.63, 3.8) is 0 Å². The molecule has 1 N–H and O–H groups in total. The second-order valence-electron chi connectivity index (χ2n) is 4.85. The lowest BCUT2D eigenvalue weighted by Gasteiger charge is -2.28. The van der Waals surface area contributed by atoms with Crippen LogP contribution in [0.25, 0.3) is 0 Å². The average Bonchev–Trinajstić information content (AvgIpc) is 2.27. The van der Waals surface area contributed by atoms with Gasteiger partial charge in [-0.15, -0.1) is 0 Å². The van der Waals surface area contributed by atoms with E-state index in [0.717, 1.165) is 12.5 Å². The Kier molecular flexibility index (Phi) is 6.22. The third-order valence-electron chi connectivity index (χ3n) is 3.43. The first-order valence-corrected chi connectivity index (χ1v) is 6.30. The fraction of sp³-hybridized carbons (Fsp3) is 1.00. The lowest BCUT2D eigenvalue weighted by atomic mass is 9.98. The summed E-state index contributed by atoms with van der Waals surface area (Å²) in [7, 11) is 4.45. The van der Waals surface area contributed by atoms with Crippen LogP contribution in [0.1, 0.15) is 19.8 Å². The minimum absolute atomic E-state index is 0.920. The van der Waals surface area contributed by atoms with Gasteiger partial charge in [0, 0.05) is 19.6 Å². The van der Waals surface area contributed by atoms with E-state index in [4.69, 9.17) is 0 Å². The monoisotopic (exact) mass is 213 g/mol. The van der Waals surface area contributed by atoms with E-state index >= 15 is 0 Å². The van der Waals surface area contributed by atoms with Crippen molar-refractivity contribution in [2.75, 3.05) is 53.4 Å². The lowest BCUT2D eigenvalue weighted by Crippen LogP contribution is -2.37. The van der Waals surface area contributed by atoms with Crippen LogP contribution in [-0.4, -0.2) is 63.2 Å². The Bertz CT molecular complexity index is 155. The van der Waals surface area contributed by atoms with Gasteiger partial charge in [-0.3, -0.25) is 0 Å². The zero-order valence-corrected chi connectivity index (χ0v) is 10.6. The molecule has 1 fully saturated rings. The molecule has 0 unspecified atom stereocenters. The quantitative estimate of drug-likeness (QED) is 0.706. The zero-order valence-electron chi connectivity index (χ0n) is 10.6. The van der Waals surface area contributed by atoms with Gasteiger partial charge in [0.25, 0.3) is 0 Å². The first-order valence-electron chi connectivity index (χ1n) is 6.30. The van der Waals surface area contributed by atoms with Crippen molar-refractivity contribution in [3.8, 4) is 0 Å². The van der Waals surface area contributed by atoms with Crippen molar-refractivity contribution in [2.24, 2.45) is 5.92 Å². The molecule has 0 spiro atoms. The summed E-state index contributed by atoms with van der Waals surface area (Å²) in [6.07, 6.45) is 2.71. The molecule has 1 rings (SSSR count). The Balaban J connectivity index is 2.08. The molecule has 0 amide bonds. The third-order valence-corrected chi connectivity index (χ3v) is 3.43. The number of piperidine rings is 1. The molecule has 90 valence electrons. The molecule has 1 heterocycles. The van der Waals surface area contributed by atoms with Gasteiger partial charge in [0.15, 0.2) is 0 Å². The van der Waals surface area contributed by atoms with Gasteiger partial charge in [-0.2, -0.15) is 0 Å². The number of nitrogens with one attached hydrogen (secondary N) is 1. The van der Waals surface area contributed by atoms with Gasteiger partial charge in [-0.05, 0) is 52.5 Å². The van der Waals surface area contributed by atoms with Crippen LogP contribution in [-0.2, 0) is 0 Å². The Labute approximate surface area is 94.8 Å². The molecule has 3 heteroatoms. The molecular formula is C12H27N3. The smallest absolute Gasteiger partial charge is 0.0106 e. The largest absolute Gasteiger partial charge is 0.317 e. The number of rotatable bonds is 6. The molecule has 0 aromatic carbocycles. The van der Waals surface area contributed by atoms with Crippen LogP contribution in [0.5, 0.6) is 0 Å². The van der Waals surface area contributed by atoms with Crippen LogP contribution in [0.4, 0.5) is 0 Å². The first kappa shape index (κ1) is 12.9. The molecule has 0 saturated carbocycles. The average molecular weight is 213 g/mol. The van der Waals surface area contributed by atoms with Gasteiger partial charge in [-0.1, -0.05) is 6.92 Å². The number of nitrogens with zero attached hydrogens (tertiary/aromatic N) is 2. The van der Waals surface area contributed by atoms with E-state index in [-0.39, 0.29) is 0 Å². The van der Waals surface area contributed by atoms with Crippen LogP contribution in [0.3, 0.4) is 0 Å². The standard InChI is InChI=1S/C12H27N3/c1-4-14(2)9-10-15(3)11-12-5-7-13-8-6-12/h12-13H,4-11H2,1-3H3. The SMILES string of the molecule is CCN(C)CCN(C)CC1CCNCC1. The van der Waals surface area contributed by atoms with Crippen LogP contribution < -0.4 is 5.32 Å². The van der Waals surface area contributed by atoms with Gasteiger partial charge in [0.1, 0.15) is 0 Å². The van der Waals surface area contributed by atoms with E-state index in [1.165, 1.54) is 45.6 Å². The van der Waals surface area contributed by atoms with Crippen molar-refractivity contribution in [1.82, 2.24) is 15.1 Å². The number of hydrogen-bond donors (Lipinski definition) is 1. The predicted molar refractivity (Wildman–Crippen MR) is 66.3 cm³/mol. The predicted octanol–water partition coefficient (Wildman–Crippen LogP) is 0.869. The topological polar surface area (TPSA) is 18.5 Å². The van der Waals surface area contributed by atoms with E-state index in [0.29, 0.717) is 0 Å². The Morgan fingerprint density at radius 2 is 1.67 bits per heavy atom. The Hall–Kier alpha value is -0.120. The van der Waals surface area contributed by atoms with E-state index in [9.17, 15) is 0 Å². The molecule has 0 aliphatic carbocycles. The lowest BCUT2D eigenvalue weighted by molar-refractivity contribution is 0.214. The van der Waals surface area contributed by atoms with E-state index in [1.54, 1.807) is 0 Å². The summed E-state index contributed by atoms with van der Waals surface area (Å²) in [6, 6.07) is 0. The van der Waals surface area contributed by atoms with Crippen molar-refractivity contribution in [1.29, 1.82) is 0 Å². The summed E-state index contributed by atoms with van der Waals surface area (Å²) in [6.45, 7) is 9.47. The highest BCUT2D eigenvalue weighted by Gasteiger charge is 2.14. The maximum absolute atomic E-state index is 3.42. The van der Waals surface area contributed by atoms with Gasteiger partial charge >= 0.3 is 0 Å². The summed E-state index contributed by atoms with van der Waals surface area (Å²) in [5.41, 5.74) is 0. The molecule has 0 aromatic heterocycles. The van der Waals surface area contributed by atoms with Crippen LogP contribution >= 0.6 is 0 Å². The Morgan fingerprint density at radius 1 is 1.07 bits per heavy atom. The molecule has 0 atom stereocenters. The second kappa shape index (κ2) is 7.20. The summed E-state index contributed by atoms with van der Waals surface area (Å²) in [5, 5.41) is 3.42. The molecule has 0 aromatic rings. The zero-order chi connectivity index (χ0) is 11.1. The van der Waals surface area contributed by atoms with Crippen molar-refractivity contribution >= 4 is 0 Å². The van der Waals surface area contributed by atoms with Crippen molar-refractivity contribution < 1.29 is 0 Å². The van der Waals surface area contributed by atoms with Crippen molar-refractivity contribution in [2.45, 2.75) is 19.8 Å². The molecule has 1 aliphatic heterocycles. The highest BCUT2D eigenvalue weighted by molar-refractivity contribution is 4.71. The fourth-order valence-corrected chi connectivity index (χ4v) is 2.10. The number of hydrogen-bond acceptors (Lipinski definition) is 3. The second-order valence-corrected chi connectivity index (χ2v) is 4.85. The maximum atomic E-state index is 3.42. The molecule has 15 heavy (non-hydrogen) atoms. The fourth-order valence-electron chi connectivity index (χ4n) is 2.10. The highest BCUT2D eigenvalue weighted by atomic mass is 15.2. The van der Waals surface area contributed by atoms with E-state index in [2.05, 4.69) is 36.1 Å². The van der Waals surface area contributed by atoms with Crippen LogP contribution in [0, 0.1) is 5.92 Å². The highest BCUT2D eigenvalue weighted by Crippen LogP contribution is 2.12. The van der Waals surface area contributed by atoms with Gasteiger partial charge < -0.3 is 15.1 Å². The summed E-state index contributed by atoms with van der Waals surface area (Å²) < 4.78 is 0. The normalized spacial score (nSPS) is 19.0.